The van der Waals surface area contributed by atoms with Gasteiger partial charge in [-0.2, -0.15) is 0 Å². The van der Waals surface area contributed by atoms with Crippen LogP contribution in [0.25, 0.3) is 0 Å². The zero-order valence-corrected chi connectivity index (χ0v) is 5.53. The van der Waals surface area contributed by atoms with E-state index in [1.807, 2.05) is 0 Å². The summed E-state index contributed by atoms with van der Waals surface area (Å²) < 4.78 is 11.6. The van der Waals surface area contributed by atoms with Gasteiger partial charge in [0.05, 0.1) is 3.42 Å². The zero-order valence-electron chi connectivity index (χ0n) is 3.38. The van der Waals surface area contributed by atoms with Crippen LogP contribution in [-0.2, 0) is 0 Å². The summed E-state index contributed by atoms with van der Waals surface area (Å²) in [6.07, 6.45) is 2.17. The van der Waals surface area contributed by atoms with E-state index in [0.717, 1.165) is 12.8 Å². The molecule has 0 radical (unpaired) electrons. The fourth-order valence-electron chi connectivity index (χ4n) is 0.269. The monoisotopic (exact) mass is 200 g/mol. The molecule has 0 nitrogen and oxygen atoms in total. The number of halogens is 2. The first kappa shape index (κ1) is 4.81. The van der Waals surface area contributed by atoms with Crippen LogP contribution in [0.2, 0.25) is 0 Å². The smallest absolute Gasteiger partial charge is 0.104 e. The summed E-state index contributed by atoms with van der Waals surface area (Å²) in [7, 11) is 0. The number of alkyl halides is 2. The van der Waals surface area contributed by atoms with Gasteiger partial charge in [0.25, 0.3) is 0 Å². The van der Waals surface area contributed by atoms with Gasteiger partial charge in [0.1, 0.15) is 6.67 Å². The molecule has 1 rings (SSSR count). The van der Waals surface area contributed by atoms with Gasteiger partial charge in [0, 0.05) is 0 Å². The molecule has 0 bridgehead atoms. The Morgan fingerprint density at radius 1 is 1.67 bits per heavy atom. The third kappa shape index (κ3) is 0.832. The molecule has 1 saturated carbocycles. The van der Waals surface area contributed by atoms with Gasteiger partial charge in [-0.15, -0.1) is 0 Å². The highest BCUT2D eigenvalue weighted by atomic mass is 127. The number of hydrogen-bond donors (Lipinski definition) is 0. The summed E-state index contributed by atoms with van der Waals surface area (Å²) in [4.78, 5) is 0. The third-order valence-corrected chi connectivity index (χ3v) is 2.40. The number of rotatable bonds is 1. The molecule has 0 aliphatic heterocycles. The predicted octanol–water partition coefficient (Wildman–Crippen LogP) is 1.92. The van der Waals surface area contributed by atoms with Gasteiger partial charge >= 0.3 is 0 Å². The Kier molecular flexibility index (Phi) is 1.06. The SMILES string of the molecule is FCC1(I)CC1. The zero-order chi connectivity index (χ0) is 4.62. The molecular weight excluding hydrogens is 194 g/mol. The Labute approximate surface area is 50.3 Å². The first-order valence-corrected chi connectivity index (χ1v) is 3.10. The molecule has 1 fully saturated rings. The molecule has 0 aromatic heterocycles. The van der Waals surface area contributed by atoms with Crippen LogP contribution in [0.4, 0.5) is 4.39 Å². The lowest BCUT2D eigenvalue weighted by Gasteiger charge is -1.90. The van der Waals surface area contributed by atoms with Crippen LogP contribution in [0.15, 0.2) is 0 Å². The van der Waals surface area contributed by atoms with E-state index in [-0.39, 0.29) is 10.1 Å². The average molecular weight is 200 g/mol. The van der Waals surface area contributed by atoms with Crippen molar-refractivity contribution in [1.29, 1.82) is 0 Å². The molecule has 0 spiro atoms. The Hall–Kier alpha value is 0.660. The first-order valence-electron chi connectivity index (χ1n) is 2.02. The van der Waals surface area contributed by atoms with Crippen LogP contribution in [-0.4, -0.2) is 10.1 Å². The summed E-state index contributed by atoms with van der Waals surface area (Å²) in [5, 5.41) is 0. The summed E-state index contributed by atoms with van der Waals surface area (Å²) in [6.45, 7) is -0.131. The topological polar surface area (TPSA) is 0 Å². The second-order valence-electron chi connectivity index (χ2n) is 1.78. The standard InChI is InChI=1S/C4H6FI/c5-3-4(6)1-2-4/h1-3H2. The highest BCUT2D eigenvalue weighted by molar-refractivity contribution is 14.1. The lowest BCUT2D eigenvalue weighted by atomic mass is 10.5. The van der Waals surface area contributed by atoms with E-state index >= 15 is 0 Å². The van der Waals surface area contributed by atoms with Gasteiger partial charge in [-0.1, -0.05) is 22.6 Å². The quantitative estimate of drug-likeness (QED) is 0.448. The summed E-state index contributed by atoms with van der Waals surface area (Å²) >= 11 is 2.18. The van der Waals surface area contributed by atoms with E-state index in [1.54, 1.807) is 0 Å². The molecule has 0 aromatic rings. The highest BCUT2D eigenvalue weighted by Gasteiger charge is 2.39. The molecule has 1 aliphatic rings. The highest BCUT2D eigenvalue weighted by Crippen LogP contribution is 2.44. The Morgan fingerprint density at radius 2 is 2.17 bits per heavy atom. The Morgan fingerprint density at radius 3 is 2.17 bits per heavy atom. The van der Waals surface area contributed by atoms with Crippen LogP contribution in [0.3, 0.4) is 0 Å². The van der Waals surface area contributed by atoms with Gasteiger partial charge in [0.2, 0.25) is 0 Å². The van der Waals surface area contributed by atoms with Gasteiger partial charge in [-0.3, -0.25) is 0 Å². The van der Waals surface area contributed by atoms with Crippen molar-refractivity contribution in [3.8, 4) is 0 Å². The van der Waals surface area contributed by atoms with Crippen molar-refractivity contribution in [1.82, 2.24) is 0 Å². The van der Waals surface area contributed by atoms with Crippen molar-refractivity contribution in [2.45, 2.75) is 16.3 Å². The summed E-state index contributed by atoms with van der Waals surface area (Å²) in [5.74, 6) is 0. The average Bonchev–Trinajstić information content (AvgIpc) is 2.22. The van der Waals surface area contributed by atoms with Gasteiger partial charge in [0.15, 0.2) is 0 Å². The maximum atomic E-state index is 11.6. The predicted molar refractivity (Wildman–Crippen MR) is 32.0 cm³/mol. The van der Waals surface area contributed by atoms with E-state index in [9.17, 15) is 4.39 Å². The van der Waals surface area contributed by atoms with Gasteiger partial charge < -0.3 is 0 Å². The van der Waals surface area contributed by atoms with Crippen molar-refractivity contribution in [2.24, 2.45) is 0 Å². The van der Waals surface area contributed by atoms with E-state index in [1.165, 1.54) is 0 Å². The Bertz CT molecular complexity index is 58.6. The first-order chi connectivity index (χ1) is 2.77. The van der Waals surface area contributed by atoms with Crippen LogP contribution >= 0.6 is 22.6 Å². The largest absolute Gasteiger partial charge is 0.250 e. The fraction of sp³-hybridized carbons (Fsp3) is 1.00. The molecule has 0 aromatic carbocycles. The van der Waals surface area contributed by atoms with Crippen LogP contribution < -0.4 is 0 Å². The van der Waals surface area contributed by atoms with Crippen LogP contribution in [0.5, 0.6) is 0 Å². The van der Waals surface area contributed by atoms with E-state index in [0.29, 0.717) is 0 Å². The van der Waals surface area contributed by atoms with Crippen molar-refractivity contribution >= 4 is 22.6 Å². The van der Waals surface area contributed by atoms with Crippen molar-refractivity contribution < 1.29 is 4.39 Å². The lowest BCUT2D eigenvalue weighted by Crippen LogP contribution is -1.95. The molecule has 1 aliphatic carbocycles. The molecule has 0 N–H and O–H groups in total. The second kappa shape index (κ2) is 1.32. The molecule has 36 valence electrons. The molecular formula is C4H6FI. The molecule has 0 atom stereocenters. The Balaban J connectivity index is 2.28. The molecule has 2 heteroatoms. The fourth-order valence-corrected chi connectivity index (χ4v) is 0.539. The lowest BCUT2D eigenvalue weighted by molar-refractivity contribution is 0.485. The summed E-state index contributed by atoms with van der Waals surface area (Å²) in [6, 6.07) is 0. The van der Waals surface area contributed by atoms with E-state index in [4.69, 9.17) is 0 Å². The van der Waals surface area contributed by atoms with Gasteiger partial charge in [-0.05, 0) is 12.8 Å². The minimum atomic E-state index is -0.131. The number of hydrogen-bond acceptors (Lipinski definition) is 0. The third-order valence-electron chi connectivity index (χ3n) is 1.03. The van der Waals surface area contributed by atoms with Crippen LogP contribution in [0.1, 0.15) is 12.8 Å². The van der Waals surface area contributed by atoms with Crippen molar-refractivity contribution in [3.63, 3.8) is 0 Å². The van der Waals surface area contributed by atoms with Gasteiger partial charge in [-0.25, -0.2) is 4.39 Å². The minimum Gasteiger partial charge on any atom is -0.250 e. The summed E-state index contributed by atoms with van der Waals surface area (Å²) in [5.41, 5.74) is 0. The van der Waals surface area contributed by atoms with Crippen molar-refractivity contribution in [3.05, 3.63) is 0 Å². The molecule has 0 heterocycles. The second-order valence-corrected chi connectivity index (χ2v) is 4.07. The maximum absolute atomic E-state index is 11.6. The molecule has 6 heavy (non-hydrogen) atoms. The minimum absolute atomic E-state index is 0.0950. The van der Waals surface area contributed by atoms with Crippen molar-refractivity contribution in [2.75, 3.05) is 6.67 Å². The molecule has 0 amide bonds. The normalized spacial score (nSPS) is 27.0. The van der Waals surface area contributed by atoms with E-state index < -0.39 is 0 Å². The van der Waals surface area contributed by atoms with Crippen LogP contribution in [0, 0.1) is 0 Å². The molecule has 0 unspecified atom stereocenters. The maximum Gasteiger partial charge on any atom is 0.104 e. The van der Waals surface area contributed by atoms with E-state index in [2.05, 4.69) is 22.6 Å². The molecule has 0 saturated heterocycles.